The molecule has 0 aliphatic carbocycles. The molecule has 1 aromatic rings. The van der Waals surface area contributed by atoms with Crippen LogP contribution in [0.4, 0.5) is 10.3 Å². The Morgan fingerprint density at radius 2 is 2.18 bits per heavy atom. The monoisotopic (exact) mass is 155 g/mol. The second-order valence-corrected chi connectivity index (χ2v) is 2.62. The fourth-order valence-corrected chi connectivity index (χ4v) is 0.799. The maximum absolute atomic E-state index is 12.8. The number of nitrogens with zero attached hydrogens (tertiary/aromatic N) is 2. The molecule has 4 heteroatoms. The number of nitrogens with two attached hydrogens (primary N) is 1. The first-order valence-electron chi connectivity index (χ1n) is 3.39. The summed E-state index contributed by atoms with van der Waals surface area (Å²) >= 11 is 0. The summed E-state index contributed by atoms with van der Waals surface area (Å²) in [5.41, 5.74) is 5.65. The van der Waals surface area contributed by atoms with Gasteiger partial charge < -0.3 is 5.73 Å². The van der Waals surface area contributed by atoms with Crippen molar-refractivity contribution in [1.82, 2.24) is 9.97 Å². The first-order chi connectivity index (χ1) is 5.11. The van der Waals surface area contributed by atoms with Gasteiger partial charge in [-0.05, 0) is 5.92 Å². The van der Waals surface area contributed by atoms with E-state index in [0.29, 0.717) is 5.69 Å². The van der Waals surface area contributed by atoms with E-state index in [4.69, 9.17) is 5.73 Å². The molecule has 0 amide bonds. The molecule has 0 saturated carbocycles. The predicted octanol–water partition coefficient (Wildman–Crippen LogP) is 1.32. The van der Waals surface area contributed by atoms with Crippen molar-refractivity contribution in [2.75, 3.05) is 5.73 Å². The van der Waals surface area contributed by atoms with Crippen LogP contribution in [0.15, 0.2) is 6.20 Å². The lowest BCUT2D eigenvalue weighted by Gasteiger charge is -2.04. The van der Waals surface area contributed by atoms with Crippen LogP contribution in [0.2, 0.25) is 0 Å². The molecule has 0 unspecified atom stereocenters. The minimum atomic E-state index is -0.394. The Morgan fingerprint density at radius 3 is 2.64 bits per heavy atom. The molecule has 0 fully saturated rings. The SMILES string of the molecule is CC(C)c1nc(N)ncc1F. The highest BCUT2D eigenvalue weighted by atomic mass is 19.1. The van der Waals surface area contributed by atoms with E-state index < -0.39 is 5.82 Å². The summed E-state index contributed by atoms with van der Waals surface area (Å²) in [4.78, 5) is 7.28. The molecule has 0 atom stereocenters. The third-order valence-corrected chi connectivity index (χ3v) is 1.34. The lowest BCUT2D eigenvalue weighted by molar-refractivity contribution is 0.578. The second-order valence-electron chi connectivity index (χ2n) is 2.62. The van der Waals surface area contributed by atoms with Crippen molar-refractivity contribution in [3.63, 3.8) is 0 Å². The van der Waals surface area contributed by atoms with Crippen LogP contribution in [0.3, 0.4) is 0 Å². The van der Waals surface area contributed by atoms with Gasteiger partial charge in [-0.25, -0.2) is 14.4 Å². The second kappa shape index (κ2) is 2.82. The fourth-order valence-electron chi connectivity index (χ4n) is 0.799. The molecule has 1 rings (SSSR count). The molecule has 60 valence electrons. The molecule has 0 aliphatic heterocycles. The highest BCUT2D eigenvalue weighted by Gasteiger charge is 2.08. The summed E-state index contributed by atoms with van der Waals surface area (Å²) in [5, 5.41) is 0. The van der Waals surface area contributed by atoms with Crippen LogP contribution in [0.1, 0.15) is 25.5 Å². The largest absolute Gasteiger partial charge is 0.368 e. The van der Waals surface area contributed by atoms with Crippen molar-refractivity contribution in [1.29, 1.82) is 0 Å². The van der Waals surface area contributed by atoms with E-state index in [0.717, 1.165) is 6.20 Å². The molecule has 1 aromatic heterocycles. The van der Waals surface area contributed by atoms with Crippen LogP contribution in [0.5, 0.6) is 0 Å². The molecule has 2 N–H and O–H groups in total. The number of hydrogen-bond acceptors (Lipinski definition) is 3. The molecular formula is C7H10FN3. The third kappa shape index (κ3) is 1.63. The number of halogens is 1. The van der Waals surface area contributed by atoms with Gasteiger partial charge in [-0.2, -0.15) is 0 Å². The summed E-state index contributed by atoms with van der Waals surface area (Å²) in [5.74, 6) is -0.232. The van der Waals surface area contributed by atoms with Crippen molar-refractivity contribution < 1.29 is 4.39 Å². The molecule has 0 aromatic carbocycles. The third-order valence-electron chi connectivity index (χ3n) is 1.34. The van der Waals surface area contributed by atoms with Gasteiger partial charge in [0.2, 0.25) is 5.95 Å². The highest BCUT2D eigenvalue weighted by Crippen LogP contribution is 2.14. The number of nitrogen functional groups attached to an aromatic ring is 1. The van der Waals surface area contributed by atoms with Crippen molar-refractivity contribution in [3.8, 4) is 0 Å². The van der Waals surface area contributed by atoms with Crippen LogP contribution >= 0.6 is 0 Å². The van der Waals surface area contributed by atoms with Crippen molar-refractivity contribution >= 4 is 5.95 Å². The van der Waals surface area contributed by atoms with E-state index in [1.54, 1.807) is 0 Å². The molecule has 0 aliphatic rings. The van der Waals surface area contributed by atoms with Gasteiger partial charge in [0.15, 0.2) is 5.82 Å². The maximum Gasteiger partial charge on any atom is 0.220 e. The molecule has 3 nitrogen and oxygen atoms in total. The van der Waals surface area contributed by atoms with Crippen LogP contribution in [0.25, 0.3) is 0 Å². The van der Waals surface area contributed by atoms with Gasteiger partial charge in [-0.3, -0.25) is 0 Å². The molecular weight excluding hydrogens is 145 g/mol. The van der Waals surface area contributed by atoms with Crippen molar-refractivity contribution in [3.05, 3.63) is 17.7 Å². The minimum Gasteiger partial charge on any atom is -0.368 e. The molecule has 0 radical (unpaired) electrons. The quantitative estimate of drug-likeness (QED) is 0.665. The van der Waals surface area contributed by atoms with Gasteiger partial charge in [0.1, 0.15) is 0 Å². The number of hydrogen-bond donors (Lipinski definition) is 1. The predicted molar refractivity (Wildman–Crippen MR) is 40.5 cm³/mol. The summed E-state index contributed by atoms with van der Waals surface area (Å²) in [6, 6.07) is 0. The van der Waals surface area contributed by atoms with Gasteiger partial charge in [-0.1, -0.05) is 13.8 Å². The first kappa shape index (κ1) is 7.91. The minimum absolute atomic E-state index is 0.0419. The number of rotatable bonds is 1. The van der Waals surface area contributed by atoms with Gasteiger partial charge in [0.25, 0.3) is 0 Å². The van der Waals surface area contributed by atoms with Gasteiger partial charge >= 0.3 is 0 Å². The number of aromatic nitrogens is 2. The Morgan fingerprint density at radius 1 is 1.55 bits per heavy atom. The zero-order chi connectivity index (χ0) is 8.43. The van der Waals surface area contributed by atoms with E-state index in [-0.39, 0.29) is 11.9 Å². The van der Waals surface area contributed by atoms with Gasteiger partial charge in [0, 0.05) is 0 Å². The van der Waals surface area contributed by atoms with E-state index in [1.807, 2.05) is 13.8 Å². The van der Waals surface area contributed by atoms with Crippen molar-refractivity contribution in [2.24, 2.45) is 0 Å². The van der Waals surface area contributed by atoms with Crippen LogP contribution < -0.4 is 5.73 Å². The Balaban J connectivity index is 3.13. The average molecular weight is 155 g/mol. The number of anilines is 1. The smallest absolute Gasteiger partial charge is 0.220 e. The summed E-state index contributed by atoms with van der Waals surface area (Å²) in [6.45, 7) is 3.70. The van der Waals surface area contributed by atoms with Crippen LogP contribution in [0, 0.1) is 5.82 Å². The fraction of sp³-hybridized carbons (Fsp3) is 0.429. The molecule has 11 heavy (non-hydrogen) atoms. The standard InChI is InChI=1S/C7H10FN3/c1-4(2)6-5(8)3-10-7(9)11-6/h3-4H,1-2H3,(H2,9,10,11). The van der Waals surface area contributed by atoms with Crippen molar-refractivity contribution in [2.45, 2.75) is 19.8 Å². The van der Waals surface area contributed by atoms with E-state index in [1.165, 1.54) is 0 Å². The topological polar surface area (TPSA) is 51.8 Å². The Labute approximate surface area is 64.5 Å². The van der Waals surface area contributed by atoms with Crippen LogP contribution in [-0.2, 0) is 0 Å². The summed E-state index contributed by atoms with van der Waals surface area (Å²) < 4.78 is 12.8. The Bertz CT molecular complexity index is 260. The molecule has 0 bridgehead atoms. The normalized spacial score (nSPS) is 10.5. The first-order valence-corrected chi connectivity index (χ1v) is 3.39. The van der Waals surface area contributed by atoms with Gasteiger partial charge in [-0.15, -0.1) is 0 Å². The lowest BCUT2D eigenvalue weighted by atomic mass is 10.1. The lowest BCUT2D eigenvalue weighted by Crippen LogP contribution is -2.03. The zero-order valence-corrected chi connectivity index (χ0v) is 6.50. The average Bonchev–Trinajstić information content (AvgIpc) is 1.94. The molecule has 0 saturated heterocycles. The van der Waals surface area contributed by atoms with E-state index in [2.05, 4.69) is 9.97 Å². The van der Waals surface area contributed by atoms with Crippen LogP contribution in [-0.4, -0.2) is 9.97 Å². The zero-order valence-electron chi connectivity index (χ0n) is 6.50. The molecule has 0 spiro atoms. The van der Waals surface area contributed by atoms with Gasteiger partial charge in [0.05, 0.1) is 11.9 Å². The molecule has 1 heterocycles. The Kier molecular flexibility index (Phi) is 2.03. The Hall–Kier alpha value is -1.19. The van der Waals surface area contributed by atoms with E-state index in [9.17, 15) is 4.39 Å². The summed E-state index contributed by atoms with van der Waals surface area (Å²) in [7, 11) is 0. The summed E-state index contributed by atoms with van der Waals surface area (Å²) in [6.07, 6.45) is 1.09. The van der Waals surface area contributed by atoms with E-state index >= 15 is 0 Å². The maximum atomic E-state index is 12.8. The highest BCUT2D eigenvalue weighted by molar-refractivity contribution is 5.20.